The molecule has 0 saturated heterocycles. The van der Waals surface area contributed by atoms with Crippen LogP contribution in [0.5, 0.6) is 5.75 Å². The first-order valence-corrected chi connectivity index (χ1v) is 11.5. The van der Waals surface area contributed by atoms with Crippen molar-refractivity contribution in [2.24, 2.45) is 0 Å². The van der Waals surface area contributed by atoms with Crippen LogP contribution >= 0.6 is 0 Å². The maximum Gasteiger partial charge on any atom is 1.00 e. The minimum Gasteiger partial charge on any atom is -0.545 e. The van der Waals surface area contributed by atoms with Gasteiger partial charge in [-0.3, -0.25) is 4.79 Å². The summed E-state index contributed by atoms with van der Waals surface area (Å²) in [7, 11) is 0. The molecule has 0 spiro atoms. The van der Waals surface area contributed by atoms with Gasteiger partial charge in [0.05, 0.1) is 19.2 Å². The van der Waals surface area contributed by atoms with Crippen LogP contribution in [0.3, 0.4) is 0 Å². The molecule has 0 aliphatic rings. The number of rotatable bonds is 20. The minimum atomic E-state index is -1.43. The number of unbranched alkanes of at least 4 members (excludes halogenated alkanes) is 6. The molecule has 0 bridgehead atoms. The van der Waals surface area contributed by atoms with Gasteiger partial charge in [-0.2, -0.15) is 0 Å². The van der Waals surface area contributed by atoms with Crippen LogP contribution in [0, 0.1) is 0 Å². The number of carboxylic acids is 1. The number of hydrogen-bond acceptors (Lipinski definition) is 6. The zero-order valence-corrected chi connectivity index (χ0v) is 23.4. The summed E-state index contributed by atoms with van der Waals surface area (Å²) < 4.78 is 16.7. The van der Waals surface area contributed by atoms with E-state index in [1.807, 2.05) is 12.1 Å². The second-order valence-corrected chi connectivity index (χ2v) is 7.70. The summed E-state index contributed by atoms with van der Waals surface area (Å²) in [5.74, 6) is -1.19. The third-order valence-corrected chi connectivity index (χ3v) is 4.83. The van der Waals surface area contributed by atoms with E-state index in [0.717, 1.165) is 12.5 Å². The zero-order chi connectivity index (χ0) is 23.4. The molecular formula is C26H37KO6. The Morgan fingerprint density at radius 2 is 1.67 bits per heavy atom. The molecule has 0 amide bonds. The molecule has 7 heteroatoms. The van der Waals surface area contributed by atoms with Crippen LogP contribution in [0.2, 0.25) is 0 Å². The summed E-state index contributed by atoms with van der Waals surface area (Å²) in [5, 5.41) is 10.4. The number of carboxylic acid groups (broad SMARTS) is 1. The molecular weight excluding hydrogens is 447 g/mol. The van der Waals surface area contributed by atoms with Gasteiger partial charge in [-0.1, -0.05) is 63.7 Å². The number of benzene rings is 1. The van der Waals surface area contributed by atoms with Crippen LogP contribution in [-0.2, 0) is 25.5 Å². The van der Waals surface area contributed by atoms with Crippen molar-refractivity contribution in [1.82, 2.24) is 0 Å². The van der Waals surface area contributed by atoms with Gasteiger partial charge in [0.2, 0.25) is 0 Å². The van der Waals surface area contributed by atoms with E-state index in [9.17, 15) is 14.7 Å². The zero-order valence-electron chi connectivity index (χ0n) is 20.3. The first-order chi connectivity index (χ1) is 15.5. The van der Waals surface area contributed by atoms with Crippen LogP contribution in [0.1, 0.15) is 57.4 Å². The van der Waals surface area contributed by atoms with E-state index in [4.69, 9.17) is 14.2 Å². The fourth-order valence-electron chi connectivity index (χ4n) is 3.06. The average Bonchev–Trinajstić information content (AvgIpc) is 2.79. The van der Waals surface area contributed by atoms with Crippen molar-refractivity contribution >= 4 is 11.8 Å². The van der Waals surface area contributed by atoms with Crippen molar-refractivity contribution in [2.45, 2.75) is 64.4 Å². The Bertz CT molecular complexity index is 687. The van der Waals surface area contributed by atoms with Crippen LogP contribution in [0.4, 0.5) is 0 Å². The fourth-order valence-corrected chi connectivity index (χ4v) is 3.06. The number of carbonyl (C=O) groups excluding carboxylic acids is 2. The molecule has 1 atom stereocenters. The van der Waals surface area contributed by atoms with Gasteiger partial charge in [-0.15, -0.1) is 6.58 Å². The summed E-state index contributed by atoms with van der Waals surface area (Å²) in [4.78, 5) is 22.0. The molecule has 0 saturated carbocycles. The van der Waals surface area contributed by atoms with Gasteiger partial charge in [0.15, 0.2) is 5.78 Å². The molecule has 1 aromatic carbocycles. The Balaban J connectivity index is 0.0000102. The molecule has 0 heterocycles. The number of hydrogen-bond donors (Lipinski definition) is 0. The van der Waals surface area contributed by atoms with Crippen LogP contribution < -0.4 is 61.2 Å². The van der Waals surface area contributed by atoms with E-state index in [1.54, 1.807) is 6.08 Å². The van der Waals surface area contributed by atoms with Gasteiger partial charge in [0, 0.05) is 0 Å². The van der Waals surface area contributed by atoms with Crippen LogP contribution in [0.15, 0.2) is 49.1 Å². The molecule has 1 aromatic rings. The van der Waals surface area contributed by atoms with E-state index in [1.165, 1.54) is 50.5 Å². The summed E-state index contributed by atoms with van der Waals surface area (Å²) >= 11 is 0. The monoisotopic (exact) mass is 484 g/mol. The van der Waals surface area contributed by atoms with Gasteiger partial charge in [-0.05, 0) is 42.7 Å². The molecule has 0 fully saturated rings. The summed E-state index contributed by atoms with van der Waals surface area (Å²) in [5.41, 5.74) is 1.29. The Labute approximate surface area is 241 Å². The summed E-state index contributed by atoms with van der Waals surface area (Å²) in [6.07, 6.45) is 12.9. The average molecular weight is 485 g/mol. The third-order valence-electron chi connectivity index (χ3n) is 4.83. The van der Waals surface area contributed by atoms with Crippen LogP contribution in [-0.4, -0.2) is 44.3 Å². The number of ketones is 1. The molecule has 178 valence electrons. The van der Waals surface area contributed by atoms with E-state index < -0.39 is 17.9 Å². The quantitative estimate of drug-likeness (QED) is 0.118. The van der Waals surface area contributed by atoms with Crippen molar-refractivity contribution < 1.29 is 80.3 Å². The number of aliphatic carboxylic acids is 1. The molecule has 0 aliphatic carbocycles. The van der Waals surface area contributed by atoms with Crippen molar-refractivity contribution in [1.29, 1.82) is 0 Å². The molecule has 33 heavy (non-hydrogen) atoms. The molecule has 6 nitrogen and oxygen atoms in total. The normalized spacial score (nSPS) is 11.7. The standard InChI is InChI=1S/C26H38O6.K/c1-3-5-6-7-8-9-10-11-22-12-15-24(16-13-22)32-21-25(20-30-18-4-2)31-19-23(27)14-17-26(28)29;/h4,12-17,25H,2-3,5-11,18-21H2,1H3,(H,28,29);/q;+1/p-1. The Hall–Kier alpha value is -0.804. The topological polar surface area (TPSA) is 84.9 Å². The molecule has 0 aliphatic heterocycles. The maximum atomic E-state index is 11.7. The van der Waals surface area contributed by atoms with Crippen molar-refractivity contribution in [3.8, 4) is 5.75 Å². The van der Waals surface area contributed by atoms with Gasteiger partial charge in [0.1, 0.15) is 25.1 Å². The van der Waals surface area contributed by atoms with Gasteiger partial charge >= 0.3 is 51.4 Å². The van der Waals surface area contributed by atoms with Crippen molar-refractivity contribution in [3.05, 3.63) is 54.6 Å². The largest absolute Gasteiger partial charge is 1.00 e. The minimum absolute atomic E-state index is 0. The van der Waals surface area contributed by atoms with Crippen LogP contribution in [0.25, 0.3) is 0 Å². The van der Waals surface area contributed by atoms with Gasteiger partial charge in [-0.25, -0.2) is 0 Å². The van der Waals surface area contributed by atoms with E-state index in [2.05, 4.69) is 25.6 Å². The molecule has 0 radical (unpaired) electrons. The molecule has 1 rings (SSSR count). The fraction of sp³-hybridized carbons (Fsp3) is 0.538. The van der Waals surface area contributed by atoms with Gasteiger partial charge in [0.25, 0.3) is 0 Å². The van der Waals surface area contributed by atoms with E-state index in [0.29, 0.717) is 18.4 Å². The molecule has 0 N–H and O–H groups in total. The predicted octanol–water partition coefficient (Wildman–Crippen LogP) is 0.826. The van der Waals surface area contributed by atoms with Crippen molar-refractivity contribution in [2.75, 3.05) is 26.4 Å². The van der Waals surface area contributed by atoms with Crippen molar-refractivity contribution in [3.63, 3.8) is 0 Å². The second kappa shape index (κ2) is 21.7. The number of ether oxygens (including phenoxy) is 3. The number of aryl methyl sites for hydroxylation is 1. The maximum absolute atomic E-state index is 11.7. The molecule has 1 unspecified atom stereocenters. The first kappa shape index (κ1) is 32.2. The van der Waals surface area contributed by atoms with E-state index in [-0.39, 0.29) is 71.2 Å². The second-order valence-electron chi connectivity index (χ2n) is 7.70. The summed E-state index contributed by atoms with van der Waals surface area (Å²) in [6.45, 7) is 6.33. The van der Waals surface area contributed by atoms with Gasteiger partial charge < -0.3 is 24.1 Å². The Morgan fingerprint density at radius 1 is 1.00 bits per heavy atom. The first-order valence-electron chi connectivity index (χ1n) is 11.5. The predicted molar refractivity (Wildman–Crippen MR) is 124 cm³/mol. The molecule has 0 aromatic heterocycles. The smallest absolute Gasteiger partial charge is 0.545 e. The Kier molecular flexibility index (Phi) is 21.2. The SMILES string of the molecule is C=CCOCC(COc1ccc(CCCCCCCCC)cc1)OCC(=O)C=CC(=O)[O-].[K+]. The van der Waals surface area contributed by atoms with E-state index >= 15 is 0 Å². The third kappa shape index (κ3) is 18.2. The number of carbonyl (C=O) groups is 2. The summed E-state index contributed by atoms with van der Waals surface area (Å²) in [6, 6.07) is 8.02. The Morgan fingerprint density at radius 3 is 2.30 bits per heavy atom.